The monoisotopic (exact) mass is 419 g/mol. The number of nitrogens with one attached hydrogen (secondary N) is 1. The van der Waals surface area contributed by atoms with Gasteiger partial charge in [-0.2, -0.15) is 0 Å². The summed E-state index contributed by atoms with van der Waals surface area (Å²) < 4.78 is 1.48. The molecule has 0 aliphatic rings. The van der Waals surface area contributed by atoms with Crippen molar-refractivity contribution < 1.29 is 4.79 Å². The van der Waals surface area contributed by atoms with Crippen molar-refractivity contribution in [2.45, 2.75) is 19.9 Å². The van der Waals surface area contributed by atoms with Gasteiger partial charge in [-0.15, -0.1) is 0 Å². The highest BCUT2D eigenvalue weighted by atomic mass is 35.5. The van der Waals surface area contributed by atoms with Gasteiger partial charge < -0.3 is 5.32 Å². The van der Waals surface area contributed by atoms with Crippen molar-refractivity contribution >= 4 is 28.4 Å². The fourth-order valence-corrected chi connectivity index (χ4v) is 3.54. The number of benzene rings is 2. The number of aromatic nitrogens is 4. The quantitative estimate of drug-likeness (QED) is 0.545. The maximum atomic E-state index is 13.4. The summed E-state index contributed by atoms with van der Waals surface area (Å²) in [7, 11) is 0. The maximum Gasteiger partial charge on any atom is 0.270 e. The first-order valence-corrected chi connectivity index (χ1v) is 9.69. The van der Waals surface area contributed by atoms with Crippen molar-refractivity contribution in [1.82, 2.24) is 24.8 Å². The van der Waals surface area contributed by atoms with Gasteiger partial charge in [0.05, 0.1) is 27.7 Å². The van der Waals surface area contributed by atoms with E-state index in [9.17, 15) is 9.59 Å². The molecule has 2 heterocycles. The number of fused-ring (bicyclic) bond motifs is 1. The minimum Gasteiger partial charge on any atom is -0.341 e. The molecule has 0 unspecified atom stereocenters. The second-order valence-corrected chi connectivity index (χ2v) is 7.24. The Kier molecular flexibility index (Phi) is 5.29. The molecule has 0 saturated heterocycles. The molecule has 4 aromatic rings. The number of para-hydroxylation sites is 1. The van der Waals surface area contributed by atoms with Crippen molar-refractivity contribution in [2.75, 3.05) is 0 Å². The summed E-state index contributed by atoms with van der Waals surface area (Å²) in [6.45, 7) is 3.53. The lowest BCUT2D eigenvalue weighted by Gasteiger charge is -2.20. The summed E-state index contributed by atoms with van der Waals surface area (Å²) in [5.41, 5.74) is 1.72. The number of carbonyl (C=O) groups is 1. The molecule has 1 N–H and O–H groups in total. The third-order valence-corrected chi connectivity index (χ3v) is 5.05. The first-order valence-electron chi connectivity index (χ1n) is 9.31. The highest BCUT2D eigenvalue weighted by Crippen LogP contribution is 2.23. The molecule has 2 aromatic heterocycles. The summed E-state index contributed by atoms with van der Waals surface area (Å²) in [4.78, 5) is 38.8. The van der Waals surface area contributed by atoms with Gasteiger partial charge in [0.2, 0.25) is 0 Å². The zero-order chi connectivity index (χ0) is 21.3. The highest BCUT2D eigenvalue weighted by molar-refractivity contribution is 6.35. The van der Waals surface area contributed by atoms with Crippen molar-refractivity contribution in [1.29, 1.82) is 0 Å². The molecule has 0 aliphatic heterocycles. The van der Waals surface area contributed by atoms with Gasteiger partial charge in [0.25, 0.3) is 11.5 Å². The van der Waals surface area contributed by atoms with E-state index in [0.29, 0.717) is 33.0 Å². The molecule has 0 aliphatic carbocycles. The van der Waals surface area contributed by atoms with E-state index in [-0.39, 0.29) is 17.2 Å². The van der Waals surface area contributed by atoms with Gasteiger partial charge in [-0.25, -0.2) is 15.0 Å². The molecule has 0 fully saturated rings. The summed E-state index contributed by atoms with van der Waals surface area (Å²) in [5.74, 6) is 0.0171. The van der Waals surface area contributed by atoms with Crippen LogP contribution in [0.4, 0.5) is 0 Å². The molecule has 1 amide bonds. The standard InChI is InChI=1S/C22H18ClN5O2/c1-13-11-24-12-25-19(13)21(29)26-14(2)20-27-17-10-6-9-16(23)18(17)22(30)28(20)15-7-4-3-5-8-15/h3-12,14H,1-2H3,(H,26,29)/t14-/m0/s1. The molecule has 7 nitrogen and oxygen atoms in total. The van der Waals surface area contributed by atoms with Gasteiger partial charge >= 0.3 is 0 Å². The van der Waals surface area contributed by atoms with Crippen LogP contribution >= 0.6 is 11.6 Å². The largest absolute Gasteiger partial charge is 0.341 e. The fourth-order valence-electron chi connectivity index (χ4n) is 3.29. The molecule has 0 radical (unpaired) electrons. The van der Waals surface area contributed by atoms with Crippen LogP contribution in [0.25, 0.3) is 16.6 Å². The zero-order valence-corrected chi connectivity index (χ0v) is 17.1. The molecule has 4 rings (SSSR count). The van der Waals surface area contributed by atoms with Crippen LogP contribution in [0.15, 0.2) is 65.8 Å². The van der Waals surface area contributed by atoms with Gasteiger partial charge in [0.15, 0.2) is 0 Å². The predicted octanol–water partition coefficient (Wildman–Crippen LogP) is 3.63. The van der Waals surface area contributed by atoms with E-state index in [4.69, 9.17) is 11.6 Å². The van der Waals surface area contributed by atoms with Gasteiger partial charge in [-0.05, 0) is 43.7 Å². The van der Waals surface area contributed by atoms with Crippen molar-refractivity contribution in [3.63, 3.8) is 0 Å². The average Bonchev–Trinajstić information content (AvgIpc) is 2.74. The molecule has 1 atom stereocenters. The normalized spacial score (nSPS) is 12.0. The first-order chi connectivity index (χ1) is 14.5. The minimum atomic E-state index is -0.580. The van der Waals surface area contributed by atoms with Crippen LogP contribution in [-0.2, 0) is 0 Å². The Labute approximate surface area is 177 Å². The Morgan fingerprint density at radius 2 is 1.90 bits per heavy atom. The third kappa shape index (κ3) is 3.55. The Hall–Kier alpha value is -3.58. The number of aryl methyl sites for hydroxylation is 1. The van der Waals surface area contributed by atoms with E-state index in [2.05, 4.69) is 20.3 Å². The summed E-state index contributed by atoms with van der Waals surface area (Å²) >= 11 is 6.30. The van der Waals surface area contributed by atoms with E-state index >= 15 is 0 Å². The Balaban J connectivity index is 1.86. The SMILES string of the molecule is Cc1cncnc1C(=O)N[C@@H](C)c1nc2cccc(Cl)c2c(=O)n1-c1ccccc1. The number of nitrogens with zero attached hydrogens (tertiary/aromatic N) is 4. The molecule has 0 bridgehead atoms. The maximum absolute atomic E-state index is 13.4. The lowest BCUT2D eigenvalue weighted by atomic mass is 10.2. The van der Waals surface area contributed by atoms with Crippen LogP contribution in [0.1, 0.15) is 34.8 Å². The Bertz CT molecular complexity index is 1300. The van der Waals surface area contributed by atoms with E-state index in [1.165, 1.54) is 10.9 Å². The molecular weight excluding hydrogens is 402 g/mol. The van der Waals surface area contributed by atoms with E-state index in [1.54, 1.807) is 50.4 Å². The second-order valence-electron chi connectivity index (χ2n) is 6.83. The van der Waals surface area contributed by atoms with E-state index in [0.717, 1.165) is 0 Å². The number of carbonyl (C=O) groups excluding carboxylic acids is 1. The Morgan fingerprint density at radius 3 is 2.63 bits per heavy atom. The van der Waals surface area contributed by atoms with Gasteiger partial charge in [-0.1, -0.05) is 35.9 Å². The zero-order valence-electron chi connectivity index (χ0n) is 16.3. The molecule has 0 spiro atoms. The number of hydrogen-bond donors (Lipinski definition) is 1. The summed E-state index contributed by atoms with van der Waals surface area (Å²) in [5, 5.41) is 3.54. The first kappa shape index (κ1) is 19.7. The van der Waals surface area contributed by atoms with Crippen LogP contribution < -0.4 is 10.9 Å². The van der Waals surface area contributed by atoms with Crippen LogP contribution in [-0.4, -0.2) is 25.4 Å². The number of halogens is 1. The Morgan fingerprint density at radius 1 is 1.13 bits per heavy atom. The van der Waals surface area contributed by atoms with E-state index < -0.39 is 6.04 Å². The van der Waals surface area contributed by atoms with E-state index in [1.807, 2.05) is 18.2 Å². The summed E-state index contributed by atoms with van der Waals surface area (Å²) in [6, 6.07) is 13.7. The minimum absolute atomic E-state index is 0.272. The van der Waals surface area contributed by atoms with Crippen molar-refractivity contribution in [2.24, 2.45) is 0 Å². The molecule has 8 heteroatoms. The number of amides is 1. The van der Waals surface area contributed by atoms with Crippen LogP contribution in [0.2, 0.25) is 5.02 Å². The van der Waals surface area contributed by atoms with Crippen molar-refractivity contribution in [3.05, 3.63) is 93.5 Å². The molecule has 2 aromatic carbocycles. The van der Waals surface area contributed by atoms with Crippen LogP contribution in [0.3, 0.4) is 0 Å². The number of hydrogen-bond acceptors (Lipinski definition) is 5. The van der Waals surface area contributed by atoms with Gasteiger partial charge in [-0.3, -0.25) is 14.2 Å². The molecule has 150 valence electrons. The fraction of sp³-hybridized carbons (Fsp3) is 0.136. The lowest BCUT2D eigenvalue weighted by Crippen LogP contribution is -2.34. The van der Waals surface area contributed by atoms with Crippen LogP contribution in [0, 0.1) is 6.92 Å². The third-order valence-electron chi connectivity index (χ3n) is 4.73. The highest BCUT2D eigenvalue weighted by Gasteiger charge is 2.22. The van der Waals surface area contributed by atoms with Gasteiger partial charge in [0.1, 0.15) is 17.8 Å². The molecule has 0 saturated carbocycles. The van der Waals surface area contributed by atoms with Crippen LogP contribution in [0.5, 0.6) is 0 Å². The smallest absolute Gasteiger partial charge is 0.270 e. The van der Waals surface area contributed by atoms with Crippen molar-refractivity contribution in [3.8, 4) is 5.69 Å². The average molecular weight is 420 g/mol. The number of rotatable bonds is 4. The summed E-state index contributed by atoms with van der Waals surface area (Å²) in [6.07, 6.45) is 2.89. The topological polar surface area (TPSA) is 89.8 Å². The lowest BCUT2D eigenvalue weighted by molar-refractivity contribution is 0.0932. The van der Waals surface area contributed by atoms with Gasteiger partial charge in [0, 0.05) is 6.20 Å². The predicted molar refractivity (Wildman–Crippen MR) is 115 cm³/mol. The second kappa shape index (κ2) is 8.04. The molecule has 30 heavy (non-hydrogen) atoms. The molecular formula is C22H18ClN5O2.